The van der Waals surface area contributed by atoms with E-state index in [9.17, 15) is 4.39 Å². The van der Waals surface area contributed by atoms with E-state index in [0.29, 0.717) is 5.92 Å². The van der Waals surface area contributed by atoms with Crippen molar-refractivity contribution in [3.63, 3.8) is 0 Å². The summed E-state index contributed by atoms with van der Waals surface area (Å²) < 4.78 is 18.3. The average Bonchev–Trinajstić information content (AvgIpc) is 2.96. The van der Waals surface area contributed by atoms with Crippen molar-refractivity contribution in [3.05, 3.63) is 78.4 Å². The third kappa shape index (κ3) is 8.45. The molecule has 0 saturated heterocycles. The number of hydrogen-bond acceptors (Lipinski definition) is 1. The zero-order chi connectivity index (χ0) is 25.7. The van der Waals surface area contributed by atoms with Crippen molar-refractivity contribution < 1.29 is 9.13 Å². The summed E-state index contributed by atoms with van der Waals surface area (Å²) in [5, 5.41) is 0. The highest BCUT2D eigenvalue weighted by Crippen LogP contribution is 2.38. The molecule has 37 heavy (non-hydrogen) atoms. The third-order valence-electron chi connectivity index (χ3n) is 8.15. The second-order valence-electron chi connectivity index (χ2n) is 10.9. The first kappa shape index (κ1) is 27.4. The Kier molecular flexibility index (Phi) is 11.1. The largest absolute Gasteiger partial charge is 0.494 e. The molecule has 0 radical (unpaired) electrons. The molecular formula is C35H45FO. The van der Waals surface area contributed by atoms with Gasteiger partial charge in [0.1, 0.15) is 5.75 Å². The Bertz CT molecular complexity index is 1010. The third-order valence-corrected chi connectivity index (χ3v) is 8.15. The number of halogens is 1. The molecule has 198 valence electrons. The maximum absolute atomic E-state index is 12.4. The fourth-order valence-corrected chi connectivity index (χ4v) is 5.75. The molecule has 1 fully saturated rings. The van der Waals surface area contributed by atoms with E-state index in [2.05, 4.69) is 79.7 Å². The monoisotopic (exact) mass is 500 g/mol. The quantitative estimate of drug-likeness (QED) is 0.200. The molecule has 0 unspecified atom stereocenters. The predicted octanol–water partition coefficient (Wildman–Crippen LogP) is 10.8. The number of hydrogen-bond donors (Lipinski definition) is 0. The van der Waals surface area contributed by atoms with Crippen LogP contribution in [0.4, 0.5) is 4.39 Å². The van der Waals surface area contributed by atoms with E-state index in [0.717, 1.165) is 37.5 Å². The van der Waals surface area contributed by atoms with Crippen LogP contribution in [0.2, 0.25) is 0 Å². The zero-order valence-electron chi connectivity index (χ0n) is 22.8. The van der Waals surface area contributed by atoms with Crippen LogP contribution in [0, 0.1) is 5.92 Å². The van der Waals surface area contributed by atoms with Gasteiger partial charge in [0, 0.05) is 0 Å². The molecule has 1 aliphatic rings. The maximum atomic E-state index is 12.4. The van der Waals surface area contributed by atoms with E-state index in [1.807, 2.05) is 0 Å². The van der Waals surface area contributed by atoms with Crippen molar-refractivity contribution in [1.29, 1.82) is 0 Å². The molecule has 2 heteroatoms. The first-order chi connectivity index (χ1) is 18.3. The Labute approximate surface area is 224 Å². The van der Waals surface area contributed by atoms with Gasteiger partial charge in [-0.3, -0.25) is 4.39 Å². The van der Waals surface area contributed by atoms with E-state index < -0.39 is 0 Å². The van der Waals surface area contributed by atoms with E-state index in [4.69, 9.17) is 4.74 Å². The van der Waals surface area contributed by atoms with Gasteiger partial charge in [-0.15, -0.1) is 0 Å². The number of rotatable bonds is 14. The van der Waals surface area contributed by atoms with Gasteiger partial charge in [-0.05, 0) is 90.3 Å². The lowest BCUT2D eigenvalue weighted by Gasteiger charge is -2.29. The fraction of sp³-hybridized carbons (Fsp3) is 0.486. The smallest absolute Gasteiger partial charge is 0.119 e. The minimum Gasteiger partial charge on any atom is -0.494 e. The van der Waals surface area contributed by atoms with E-state index in [1.54, 1.807) is 0 Å². The van der Waals surface area contributed by atoms with Crippen LogP contribution in [0.5, 0.6) is 5.75 Å². The molecule has 0 spiro atoms. The van der Waals surface area contributed by atoms with Crippen LogP contribution in [-0.2, 0) is 0 Å². The average molecular weight is 501 g/mol. The van der Waals surface area contributed by atoms with Crippen LogP contribution in [-0.4, -0.2) is 13.3 Å². The summed E-state index contributed by atoms with van der Waals surface area (Å²) in [4.78, 5) is 0. The van der Waals surface area contributed by atoms with E-state index >= 15 is 0 Å². The Morgan fingerprint density at radius 3 is 1.73 bits per heavy atom. The Morgan fingerprint density at radius 2 is 1.16 bits per heavy atom. The second-order valence-corrected chi connectivity index (χ2v) is 10.9. The second kappa shape index (κ2) is 15.0. The standard InChI is InChI=1S/C35H45FO/c1-2-3-4-5-8-27-37-35-24-22-34(23-25-35)33-20-18-32(19-21-33)31-16-14-30(15-17-31)29-12-10-28(11-13-29)9-6-7-26-36/h14-25,28-29H,2-13,26-27H2,1H3. The summed E-state index contributed by atoms with van der Waals surface area (Å²) in [6.07, 6.45) is 14.5. The van der Waals surface area contributed by atoms with Gasteiger partial charge in [-0.2, -0.15) is 0 Å². The van der Waals surface area contributed by atoms with Crippen molar-refractivity contribution in [3.8, 4) is 28.0 Å². The van der Waals surface area contributed by atoms with Crippen LogP contribution in [0.25, 0.3) is 22.3 Å². The summed E-state index contributed by atoms with van der Waals surface area (Å²) in [5.74, 6) is 2.45. The lowest BCUT2D eigenvalue weighted by atomic mass is 9.77. The van der Waals surface area contributed by atoms with Gasteiger partial charge in [-0.25, -0.2) is 0 Å². The molecule has 1 aliphatic carbocycles. The zero-order valence-corrected chi connectivity index (χ0v) is 22.8. The summed E-state index contributed by atoms with van der Waals surface area (Å²) in [6.45, 7) is 2.89. The summed E-state index contributed by atoms with van der Waals surface area (Å²) in [7, 11) is 0. The molecule has 0 atom stereocenters. The molecule has 3 aromatic rings. The minimum absolute atomic E-state index is 0.160. The van der Waals surface area contributed by atoms with Crippen LogP contribution < -0.4 is 4.74 Å². The van der Waals surface area contributed by atoms with Crippen molar-refractivity contribution in [2.24, 2.45) is 5.92 Å². The fourth-order valence-electron chi connectivity index (χ4n) is 5.75. The number of alkyl halides is 1. The van der Waals surface area contributed by atoms with Crippen molar-refractivity contribution >= 4 is 0 Å². The lowest BCUT2D eigenvalue weighted by molar-refractivity contribution is 0.298. The molecule has 0 N–H and O–H groups in total. The van der Waals surface area contributed by atoms with E-state index in [-0.39, 0.29) is 6.67 Å². The van der Waals surface area contributed by atoms with Crippen LogP contribution >= 0.6 is 0 Å². The van der Waals surface area contributed by atoms with Gasteiger partial charge in [0.2, 0.25) is 0 Å². The van der Waals surface area contributed by atoms with Crippen LogP contribution in [0.1, 0.15) is 95.5 Å². The van der Waals surface area contributed by atoms with Crippen LogP contribution in [0.15, 0.2) is 72.8 Å². The highest BCUT2D eigenvalue weighted by molar-refractivity contribution is 5.70. The Hall–Kier alpha value is -2.61. The molecule has 4 rings (SSSR count). The molecule has 0 amide bonds. The molecular weight excluding hydrogens is 455 g/mol. The van der Waals surface area contributed by atoms with Gasteiger partial charge in [-0.1, -0.05) is 106 Å². The molecule has 0 aliphatic heterocycles. The maximum Gasteiger partial charge on any atom is 0.119 e. The van der Waals surface area contributed by atoms with Gasteiger partial charge in [0.25, 0.3) is 0 Å². The topological polar surface area (TPSA) is 9.23 Å². The SMILES string of the molecule is CCCCCCCOc1ccc(-c2ccc(-c3ccc(C4CCC(CCCCF)CC4)cc3)cc2)cc1. The summed E-state index contributed by atoms with van der Waals surface area (Å²) in [5.41, 5.74) is 6.46. The van der Waals surface area contributed by atoms with Crippen molar-refractivity contribution in [2.75, 3.05) is 13.3 Å². The van der Waals surface area contributed by atoms with Crippen molar-refractivity contribution in [2.45, 2.75) is 89.9 Å². The van der Waals surface area contributed by atoms with Crippen molar-refractivity contribution in [1.82, 2.24) is 0 Å². The first-order valence-corrected chi connectivity index (χ1v) is 14.8. The molecule has 0 bridgehead atoms. The number of unbranched alkanes of at least 4 members (excludes halogenated alkanes) is 5. The molecule has 0 heterocycles. The summed E-state index contributed by atoms with van der Waals surface area (Å²) in [6, 6.07) is 26.6. The molecule has 3 aromatic carbocycles. The van der Waals surface area contributed by atoms with Gasteiger partial charge in [0.15, 0.2) is 0 Å². The normalized spacial score (nSPS) is 17.6. The number of benzene rings is 3. The van der Waals surface area contributed by atoms with Gasteiger partial charge < -0.3 is 4.74 Å². The summed E-state index contributed by atoms with van der Waals surface area (Å²) >= 11 is 0. The predicted molar refractivity (Wildman–Crippen MR) is 156 cm³/mol. The van der Waals surface area contributed by atoms with Crippen LogP contribution in [0.3, 0.4) is 0 Å². The molecule has 0 aromatic heterocycles. The minimum atomic E-state index is -0.160. The first-order valence-electron chi connectivity index (χ1n) is 14.8. The molecule has 1 saturated carbocycles. The van der Waals surface area contributed by atoms with Gasteiger partial charge in [0.05, 0.1) is 13.3 Å². The Morgan fingerprint density at radius 1 is 0.622 bits per heavy atom. The van der Waals surface area contributed by atoms with Gasteiger partial charge >= 0.3 is 0 Å². The van der Waals surface area contributed by atoms with E-state index in [1.165, 1.54) is 85.6 Å². The highest BCUT2D eigenvalue weighted by Gasteiger charge is 2.22. The lowest BCUT2D eigenvalue weighted by Crippen LogP contribution is -2.13. The highest BCUT2D eigenvalue weighted by atomic mass is 19.1. The Balaban J connectivity index is 1.26. The number of ether oxygens (including phenoxy) is 1. The molecule has 1 nitrogen and oxygen atoms in total.